The largest absolute Gasteiger partial charge is 0.342 e. The van der Waals surface area contributed by atoms with Crippen molar-refractivity contribution in [1.29, 1.82) is 0 Å². The minimum absolute atomic E-state index is 0.570. The molecule has 0 radical (unpaired) electrons. The van der Waals surface area contributed by atoms with Crippen LogP contribution < -0.4 is 4.90 Å². The van der Waals surface area contributed by atoms with Gasteiger partial charge in [-0.25, -0.2) is 0 Å². The Hall–Kier alpha value is -2.13. The summed E-state index contributed by atoms with van der Waals surface area (Å²) in [5.41, 5.74) is 6.95. The van der Waals surface area contributed by atoms with E-state index in [1.807, 2.05) is 12.4 Å². The van der Waals surface area contributed by atoms with Crippen LogP contribution in [0.15, 0.2) is 48.9 Å². The Balaban J connectivity index is 1.62. The lowest BCUT2D eigenvalue weighted by molar-refractivity contribution is 0.0396. The molecule has 4 unspecified atom stereocenters. The average molecular weight is 345 g/mol. The highest BCUT2D eigenvalue weighted by atomic mass is 15.3. The number of fused-ring (bicyclic) bond motifs is 3. The number of allylic oxidation sites excluding steroid dienone is 1. The van der Waals surface area contributed by atoms with Crippen molar-refractivity contribution < 1.29 is 0 Å². The summed E-state index contributed by atoms with van der Waals surface area (Å²) >= 11 is 0. The van der Waals surface area contributed by atoms with E-state index in [4.69, 9.17) is 0 Å². The predicted molar refractivity (Wildman–Crippen MR) is 107 cm³/mol. The van der Waals surface area contributed by atoms with Crippen molar-refractivity contribution in [3.8, 4) is 0 Å². The number of anilines is 1. The van der Waals surface area contributed by atoms with E-state index in [0.717, 1.165) is 5.92 Å². The molecule has 1 aromatic heterocycles. The van der Waals surface area contributed by atoms with Crippen molar-refractivity contribution in [1.82, 2.24) is 9.88 Å². The van der Waals surface area contributed by atoms with Gasteiger partial charge in [-0.1, -0.05) is 17.7 Å². The second kappa shape index (κ2) is 5.95. The lowest BCUT2D eigenvalue weighted by Gasteiger charge is -2.53. The number of piperidine rings is 2. The monoisotopic (exact) mass is 345 g/mol. The molecule has 0 N–H and O–H groups in total. The molecule has 0 amide bonds. The highest BCUT2D eigenvalue weighted by Crippen LogP contribution is 2.54. The molecule has 2 bridgehead atoms. The summed E-state index contributed by atoms with van der Waals surface area (Å²) in [5, 5.41) is 0. The van der Waals surface area contributed by atoms with Gasteiger partial charge in [-0.15, -0.1) is 0 Å². The van der Waals surface area contributed by atoms with Gasteiger partial charge in [-0.05, 0) is 74.6 Å². The van der Waals surface area contributed by atoms with Gasteiger partial charge >= 0.3 is 0 Å². The summed E-state index contributed by atoms with van der Waals surface area (Å²) in [6.45, 7) is 5.70. The fourth-order valence-electron chi connectivity index (χ4n) is 5.63. The Bertz CT molecular complexity index is 857. The van der Waals surface area contributed by atoms with E-state index in [9.17, 15) is 0 Å². The molecule has 4 atom stereocenters. The van der Waals surface area contributed by atoms with Gasteiger partial charge in [0.1, 0.15) is 0 Å². The van der Waals surface area contributed by atoms with E-state index in [-0.39, 0.29) is 0 Å². The number of likely N-dealkylation sites (N-methyl/N-ethyl adjacent to an activating group) is 1. The Morgan fingerprint density at radius 1 is 1.15 bits per heavy atom. The number of hydrogen-bond acceptors (Lipinski definition) is 3. The second-order valence-electron chi connectivity index (χ2n) is 8.38. The molecule has 4 aliphatic rings. The third-order valence-corrected chi connectivity index (χ3v) is 6.80. The van der Waals surface area contributed by atoms with E-state index in [2.05, 4.69) is 72.2 Å². The van der Waals surface area contributed by atoms with Crippen LogP contribution in [0.1, 0.15) is 42.4 Å². The lowest BCUT2D eigenvalue weighted by Crippen LogP contribution is -2.60. The molecule has 6 rings (SSSR count). The van der Waals surface area contributed by atoms with Crippen molar-refractivity contribution in [2.24, 2.45) is 5.92 Å². The summed E-state index contributed by atoms with van der Waals surface area (Å²) < 4.78 is 0. The second-order valence-corrected chi connectivity index (χ2v) is 8.38. The van der Waals surface area contributed by atoms with Crippen LogP contribution >= 0.6 is 0 Å². The van der Waals surface area contributed by atoms with E-state index in [1.54, 1.807) is 5.56 Å². The minimum Gasteiger partial charge on any atom is -0.342 e. The summed E-state index contributed by atoms with van der Waals surface area (Å²) in [6.07, 6.45) is 8.86. The first kappa shape index (κ1) is 16.1. The van der Waals surface area contributed by atoms with Crippen LogP contribution in [0.25, 0.3) is 5.57 Å². The van der Waals surface area contributed by atoms with Crippen molar-refractivity contribution in [2.45, 2.75) is 44.7 Å². The van der Waals surface area contributed by atoms with E-state index in [0.29, 0.717) is 18.0 Å². The molecule has 1 aromatic carbocycles. The molecule has 3 nitrogen and oxygen atoms in total. The third kappa shape index (κ3) is 2.34. The molecule has 2 aromatic rings. The molecule has 1 aliphatic carbocycles. The van der Waals surface area contributed by atoms with E-state index in [1.165, 1.54) is 41.8 Å². The molecule has 4 heterocycles. The molecule has 3 aliphatic heterocycles. The molecular formula is C23H27N3. The van der Waals surface area contributed by atoms with Crippen LogP contribution in [0.5, 0.6) is 0 Å². The molecule has 3 fully saturated rings. The van der Waals surface area contributed by atoms with Gasteiger partial charge in [-0.3, -0.25) is 4.98 Å². The average Bonchev–Trinajstić information content (AvgIpc) is 2.98. The zero-order chi connectivity index (χ0) is 17.8. The maximum absolute atomic E-state index is 4.16. The van der Waals surface area contributed by atoms with Gasteiger partial charge in [0.25, 0.3) is 0 Å². The van der Waals surface area contributed by atoms with E-state index < -0.39 is 0 Å². The smallest absolute Gasteiger partial charge is 0.0564 e. The minimum atomic E-state index is 0.570. The maximum Gasteiger partial charge on any atom is 0.0564 e. The fourth-order valence-corrected chi connectivity index (χ4v) is 5.63. The topological polar surface area (TPSA) is 19.4 Å². The lowest BCUT2D eigenvalue weighted by atomic mass is 9.67. The van der Waals surface area contributed by atoms with Crippen molar-refractivity contribution >= 4 is 11.3 Å². The first-order valence-corrected chi connectivity index (χ1v) is 9.81. The normalized spacial score (nSPS) is 30.4. The number of aromatic nitrogens is 1. The first-order chi connectivity index (χ1) is 12.6. The number of aryl methyl sites for hydroxylation is 1. The van der Waals surface area contributed by atoms with Crippen molar-refractivity contribution in [3.05, 3.63) is 65.6 Å². The first-order valence-electron chi connectivity index (χ1n) is 9.81. The zero-order valence-electron chi connectivity index (χ0n) is 15.9. The van der Waals surface area contributed by atoms with Gasteiger partial charge < -0.3 is 9.80 Å². The summed E-state index contributed by atoms with van der Waals surface area (Å²) in [5.74, 6) is 1.47. The molecule has 2 saturated heterocycles. The number of hydrogen-bond donors (Lipinski definition) is 0. The predicted octanol–water partition coefficient (Wildman–Crippen LogP) is 4.45. The van der Waals surface area contributed by atoms with Crippen LogP contribution in [-0.4, -0.2) is 35.6 Å². The zero-order valence-corrected chi connectivity index (χ0v) is 15.9. The van der Waals surface area contributed by atoms with Gasteiger partial charge in [0.15, 0.2) is 0 Å². The molecular weight excluding hydrogens is 318 g/mol. The Labute approximate surface area is 156 Å². The molecule has 0 spiro atoms. The van der Waals surface area contributed by atoms with Crippen molar-refractivity contribution in [2.75, 3.05) is 18.5 Å². The van der Waals surface area contributed by atoms with Crippen LogP contribution in [0.2, 0.25) is 0 Å². The molecule has 1 saturated carbocycles. The standard InChI is InChI=1S/C23H27N3/c1-15-4-6-20-19(12-15)22-18-5-7-21(25(3)14-18)23(22)26(20)13-16(2)17-8-10-24-11-9-17/h4,6,8-13,18,21-23H,5,7,14H2,1-3H3/b16-13+. The Morgan fingerprint density at radius 2 is 1.96 bits per heavy atom. The number of rotatable bonds is 2. The maximum atomic E-state index is 4.16. The molecule has 134 valence electrons. The number of benzene rings is 1. The SMILES string of the molecule is C/C(=C\N1c2ccc(C)cc2C2C3CCC(C21)N(C)C3)c1ccncc1. The number of pyridine rings is 1. The summed E-state index contributed by atoms with van der Waals surface area (Å²) in [7, 11) is 2.32. The highest BCUT2D eigenvalue weighted by molar-refractivity contribution is 5.72. The Kier molecular flexibility index (Phi) is 3.68. The van der Waals surface area contributed by atoms with Gasteiger partial charge in [-0.2, -0.15) is 0 Å². The fraction of sp³-hybridized carbons (Fsp3) is 0.435. The van der Waals surface area contributed by atoms with E-state index >= 15 is 0 Å². The molecule has 3 heteroatoms. The molecule has 26 heavy (non-hydrogen) atoms. The summed E-state index contributed by atoms with van der Waals surface area (Å²) in [6, 6.07) is 12.5. The van der Waals surface area contributed by atoms with Crippen LogP contribution in [0, 0.1) is 12.8 Å². The van der Waals surface area contributed by atoms with Gasteiger partial charge in [0.05, 0.1) is 6.04 Å². The Morgan fingerprint density at radius 3 is 2.73 bits per heavy atom. The quantitative estimate of drug-likeness (QED) is 0.802. The van der Waals surface area contributed by atoms with Crippen molar-refractivity contribution in [3.63, 3.8) is 0 Å². The van der Waals surface area contributed by atoms with Gasteiger partial charge in [0, 0.05) is 42.8 Å². The third-order valence-electron chi connectivity index (χ3n) is 6.80. The number of nitrogens with zero attached hydrogens (tertiary/aromatic N) is 3. The highest BCUT2D eigenvalue weighted by Gasteiger charge is 2.53. The summed E-state index contributed by atoms with van der Waals surface area (Å²) in [4.78, 5) is 9.37. The van der Waals surface area contributed by atoms with Gasteiger partial charge in [0.2, 0.25) is 0 Å². The van der Waals surface area contributed by atoms with Crippen LogP contribution in [0.4, 0.5) is 5.69 Å². The van der Waals surface area contributed by atoms with Crippen LogP contribution in [0.3, 0.4) is 0 Å². The van der Waals surface area contributed by atoms with Crippen LogP contribution in [-0.2, 0) is 0 Å².